The van der Waals surface area contributed by atoms with E-state index < -0.39 is 0 Å². The van der Waals surface area contributed by atoms with E-state index in [9.17, 15) is 0 Å². The Morgan fingerprint density at radius 2 is 2.00 bits per heavy atom. The Labute approximate surface area is 75.1 Å². The van der Waals surface area contributed by atoms with Crippen molar-refractivity contribution in [1.82, 2.24) is 3.11 Å². The number of morpholine rings is 1. The summed E-state index contributed by atoms with van der Waals surface area (Å²) in [4.78, 5) is 0. The molecular formula is C5H8I2NO-. The number of hydrogen-bond acceptors (Lipinski definition) is 2. The van der Waals surface area contributed by atoms with Gasteiger partial charge in [-0.1, -0.05) is 0 Å². The third kappa shape index (κ3) is 1.36. The molecule has 9 heavy (non-hydrogen) atoms. The number of nitrogens with zero attached hydrogens (tertiary/aromatic N) is 1. The third-order valence-corrected chi connectivity index (χ3v) is 6.57. The van der Waals surface area contributed by atoms with Crippen LogP contribution in [0.3, 0.4) is 0 Å². The Balaban J connectivity index is 1.89. The summed E-state index contributed by atoms with van der Waals surface area (Å²) in [5, 5.41) is 0. The molecule has 2 atom stereocenters. The van der Waals surface area contributed by atoms with Crippen molar-refractivity contribution >= 4 is 18.6 Å². The molecule has 0 saturated carbocycles. The molecule has 0 spiro atoms. The van der Waals surface area contributed by atoms with E-state index in [2.05, 4.69) is 21.7 Å². The molecule has 0 aliphatic carbocycles. The van der Waals surface area contributed by atoms with Crippen molar-refractivity contribution in [1.29, 1.82) is 0 Å². The summed E-state index contributed by atoms with van der Waals surface area (Å²) < 4.78 is 8.04. The summed E-state index contributed by atoms with van der Waals surface area (Å²) in [7, 11) is 0. The van der Waals surface area contributed by atoms with Crippen molar-refractivity contribution in [2.24, 2.45) is 0 Å². The average Bonchev–Trinajstić information content (AvgIpc) is 1.87. The molecule has 54 valence electrons. The first-order chi connectivity index (χ1) is 4.38. The van der Waals surface area contributed by atoms with Gasteiger partial charge in [-0.05, 0) is 0 Å². The standard InChI is InChI=1S/C5H8I2NO/c6-7-8-2-4-1-5(3-8)9-4/h4-5H,1-3H2/q-1. The Morgan fingerprint density at radius 1 is 1.44 bits per heavy atom. The minimum absolute atomic E-state index is 0.313. The molecule has 3 rings (SSSR count). The molecule has 0 aromatic rings. The monoisotopic (exact) mass is 352 g/mol. The fourth-order valence-corrected chi connectivity index (χ4v) is 4.53. The fraction of sp³-hybridized carbons (Fsp3) is 1.00. The summed E-state index contributed by atoms with van der Waals surface area (Å²) in [5.41, 5.74) is 0. The number of ether oxygens (including phenoxy) is 1. The van der Waals surface area contributed by atoms with Gasteiger partial charge in [0.25, 0.3) is 0 Å². The number of fused-ring (bicyclic) bond motifs is 2. The zero-order valence-electron chi connectivity index (χ0n) is 4.89. The van der Waals surface area contributed by atoms with E-state index in [-0.39, 0.29) is 0 Å². The molecule has 2 bridgehead atoms. The van der Waals surface area contributed by atoms with Crippen LogP contribution in [0.5, 0.6) is 0 Å². The van der Waals surface area contributed by atoms with Crippen molar-refractivity contribution in [2.75, 3.05) is 13.1 Å². The second kappa shape index (κ2) is 2.78. The van der Waals surface area contributed by atoms with Crippen molar-refractivity contribution < 1.29 is 22.2 Å². The molecule has 4 heteroatoms. The van der Waals surface area contributed by atoms with E-state index >= 15 is 0 Å². The molecular weight excluding hydrogens is 344 g/mol. The molecule has 3 heterocycles. The first-order valence-corrected chi connectivity index (χ1v) is 10.3. The Kier molecular flexibility index (Phi) is 2.18. The fourth-order valence-electron chi connectivity index (χ4n) is 1.36. The summed E-state index contributed by atoms with van der Waals surface area (Å²) in [6, 6.07) is 0. The molecule has 3 aliphatic heterocycles. The first kappa shape index (κ1) is 7.05. The van der Waals surface area contributed by atoms with Gasteiger partial charge in [0.15, 0.2) is 0 Å². The van der Waals surface area contributed by atoms with Crippen LogP contribution in [0.25, 0.3) is 0 Å². The number of piperidine rings is 1. The van der Waals surface area contributed by atoms with Crippen LogP contribution in [0.15, 0.2) is 0 Å². The van der Waals surface area contributed by atoms with Gasteiger partial charge < -0.3 is 0 Å². The zero-order valence-corrected chi connectivity index (χ0v) is 9.20. The van der Waals surface area contributed by atoms with Crippen LogP contribution < -0.4 is 17.5 Å². The van der Waals surface area contributed by atoms with Gasteiger partial charge in [-0.15, -0.1) is 0 Å². The maximum absolute atomic E-state index is 5.48. The Bertz CT molecular complexity index is 106. The van der Waals surface area contributed by atoms with Gasteiger partial charge in [-0.2, -0.15) is 0 Å². The van der Waals surface area contributed by atoms with Crippen LogP contribution in [0, 0.1) is 0 Å². The van der Waals surface area contributed by atoms with Crippen molar-refractivity contribution in [3.63, 3.8) is 0 Å². The van der Waals surface area contributed by atoms with Crippen molar-refractivity contribution in [3.8, 4) is 0 Å². The van der Waals surface area contributed by atoms with Gasteiger partial charge in [0.2, 0.25) is 0 Å². The third-order valence-electron chi connectivity index (χ3n) is 1.80. The summed E-state index contributed by atoms with van der Waals surface area (Å²) in [6.45, 7) is 2.43. The SMILES string of the molecule is I[I-]N1CC2CC(C1)O2. The zero-order chi connectivity index (χ0) is 6.27. The molecule has 0 N–H and O–H groups in total. The topological polar surface area (TPSA) is 12.5 Å². The van der Waals surface area contributed by atoms with Gasteiger partial charge in [0.1, 0.15) is 0 Å². The molecule has 0 amide bonds. The molecule has 0 radical (unpaired) electrons. The Morgan fingerprint density at radius 3 is 2.33 bits per heavy atom. The van der Waals surface area contributed by atoms with Gasteiger partial charge in [-0.25, -0.2) is 0 Å². The molecule has 3 aliphatic rings. The van der Waals surface area contributed by atoms with Gasteiger partial charge in [-0.3, -0.25) is 0 Å². The first-order valence-electron chi connectivity index (χ1n) is 3.05. The van der Waals surface area contributed by atoms with Crippen LogP contribution in [-0.2, 0) is 4.74 Å². The van der Waals surface area contributed by atoms with Crippen molar-refractivity contribution in [2.45, 2.75) is 18.6 Å². The van der Waals surface area contributed by atoms with E-state index in [4.69, 9.17) is 4.74 Å². The summed E-state index contributed by atoms with van der Waals surface area (Å²) in [6.07, 6.45) is 2.55. The molecule has 0 aromatic heterocycles. The van der Waals surface area contributed by atoms with Gasteiger partial charge >= 0.3 is 75.7 Å². The predicted molar refractivity (Wildman–Crippen MR) is 38.9 cm³/mol. The molecule has 3 fully saturated rings. The predicted octanol–water partition coefficient (Wildman–Crippen LogP) is -2.19. The number of halogens is 2. The Hall–Kier alpha value is 1.38. The molecule has 2 nitrogen and oxygen atoms in total. The minimum atomic E-state index is 0.313. The quantitative estimate of drug-likeness (QED) is 0.393. The van der Waals surface area contributed by atoms with Gasteiger partial charge in [0, 0.05) is 0 Å². The maximum atomic E-state index is 5.48. The van der Waals surface area contributed by atoms with E-state index in [1.54, 1.807) is 0 Å². The molecule has 3 saturated heterocycles. The second-order valence-corrected chi connectivity index (χ2v) is 6.68. The van der Waals surface area contributed by atoms with E-state index in [1.807, 2.05) is 0 Å². The average molecular weight is 352 g/mol. The van der Waals surface area contributed by atoms with Crippen LogP contribution in [0.1, 0.15) is 6.42 Å². The molecule has 2 unspecified atom stereocenters. The molecule has 0 aromatic carbocycles. The summed E-state index contributed by atoms with van der Waals surface area (Å²) >= 11 is 2.83. The normalized spacial score (nSPS) is 42.8. The van der Waals surface area contributed by atoms with Crippen molar-refractivity contribution in [3.05, 3.63) is 0 Å². The van der Waals surface area contributed by atoms with Crippen LogP contribution in [0.4, 0.5) is 0 Å². The van der Waals surface area contributed by atoms with Crippen LogP contribution in [-0.4, -0.2) is 28.4 Å². The second-order valence-electron chi connectivity index (χ2n) is 2.51. The van der Waals surface area contributed by atoms with Crippen LogP contribution >= 0.6 is 18.6 Å². The summed E-state index contributed by atoms with van der Waals surface area (Å²) in [5.74, 6) is 0. The van der Waals surface area contributed by atoms with E-state index in [0.29, 0.717) is 29.7 Å². The van der Waals surface area contributed by atoms with Crippen LogP contribution in [0.2, 0.25) is 0 Å². The van der Waals surface area contributed by atoms with Gasteiger partial charge in [0.05, 0.1) is 0 Å². The van der Waals surface area contributed by atoms with E-state index in [1.165, 1.54) is 19.5 Å². The number of hydrogen-bond donors (Lipinski definition) is 0. The van der Waals surface area contributed by atoms with E-state index in [0.717, 1.165) is 0 Å². The number of rotatable bonds is 1.